The average molecular weight is 584 g/mol. The van der Waals surface area contributed by atoms with Crippen molar-refractivity contribution in [3.63, 3.8) is 0 Å². The molecule has 0 bridgehead atoms. The number of hydrogen-bond donors (Lipinski definition) is 0. The van der Waals surface area contributed by atoms with Gasteiger partial charge in [-0.2, -0.15) is 23.1 Å². The van der Waals surface area contributed by atoms with Gasteiger partial charge in [-0.15, -0.1) is 6.58 Å². The fourth-order valence-corrected chi connectivity index (χ4v) is 5.86. The van der Waals surface area contributed by atoms with E-state index >= 15 is 4.39 Å². The Kier molecular flexibility index (Phi) is 6.28. The number of ether oxygens (including phenoxy) is 2. The highest BCUT2D eigenvalue weighted by molar-refractivity contribution is 9.10. The largest absolute Gasteiger partial charge is 0.489 e. The normalized spacial score (nSPS) is 26.5. The van der Waals surface area contributed by atoms with Gasteiger partial charge < -0.3 is 14.4 Å². The number of alkyl halides is 4. The molecule has 0 N–H and O–H groups in total. The van der Waals surface area contributed by atoms with Crippen LogP contribution in [0.15, 0.2) is 17.1 Å². The van der Waals surface area contributed by atoms with E-state index in [-0.39, 0.29) is 57.6 Å². The van der Waals surface area contributed by atoms with Crippen molar-refractivity contribution >= 4 is 44.3 Å². The van der Waals surface area contributed by atoms with E-state index in [0.29, 0.717) is 13.0 Å². The molecule has 2 aromatic rings. The molecule has 1 aromatic carbocycles. The molecule has 6 nitrogen and oxygen atoms in total. The average Bonchev–Trinajstić information content (AvgIpc) is 3.27. The second-order valence-electron chi connectivity index (χ2n) is 9.05. The summed E-state index contributed by atoms with van der Waals surface area (Å²) in [5, 5.41) is -0.243. The Morgan fingerprint density at radius 2 is 2.11 bits per heavy atom. The fourth-order valence-electron chi connectivity index (χ4n) is 5.26. The monoisotopic (exact) mass is 582 g/mol. The molecule has 0 unspecified atom stereocenters. The summed E-state index contributed by atoms with van der Waals surface area (Å²) in [4.78, 5) is 11.4. The SMILES string of the molecule is C=C[C@H]1COc2c(Cl)c(Br)c(F)c3nc(OC[C@@]45CCCN4C[C@H](F)C5)nc(c23)N1CC(F)(F)F. The van der Waals surface area contributed by atoms with Crippen LogP contribution in [0.2, 0.25) is 5.02 Å². The number of benzene rings is 1. The second-order valence-corrected chi connectivity index (χ2v) is 10.2. The maximum Gasteiger partial charge on any atom is 0.405 e. The highest BCUT2D eigenvalue weighted by Gasteiger charge is 2.49. The molecular weight excluding hydrogens is 563 g/mol. The quantitative estimate of drug-likeness (QED) is 0.265. The van der Waals surface area contributed by atoms with E-state index in [1.165, 1.54) is 6.08 Å². The van der Waals surface area contributed by atoms with E-state index in [0.717, 1.165) is 17.9 Å². The third-order valence-electron chi connectivity index (χ3n) is 6.81. The minimum absolute atomic E-state index is 0.0300. The minimum atomic E-state index is -4.61. The molecule has 0 radical (unpaired) electrons. The highest BCUT2D eigenvalue weighted by Crippen LogP contribution is 2.47. The number of rotatable bonds is 5. The molecule has 3 aliphatic rings. The molecular formula is C22H21BrClF5N4O2. The van der Waals surface area contributed by atoms with Gasteiger partial charge in [-0.25, -0.2) is 8.78 Å². The van der Waals surface area contributed by atoms with Crippen LogP contribution in [0.5, 0.6) is 11.8 Å². The van der Waals surface area contributed by atoms with Gasteiger partial charge in [0.25, 0.3) is 0 Å². The zero-order valence-electron chi connectivity index (χ0n) is 18.3. The summed E-state index contributed by atoms with van der Waals surface area (Å²) in [5.41, 5.74) is -0.849. The lowest BCUT2D eigenvalue weighted by Gasteiger charge is -2.31. The van der Waals surface area contributed by atoms with Gasteiger partial charge >= 0.3 is 12.2 Å². The molecule has 13 heteroatoms. The van der Waals surface area contributed by atoms with E-state index in [1.54, 1.807) is 0 Å². The molecule has 0 spiro atoms. The molecule has 35 heavy (non-hydrogen) atoms. The van der Waals surface area contributed by atoms with Crippen LogP contribution in [-0.4, -0.2) is 71.6 Å². The molecule has 0 aliphatic carbocycles. The van der Waals surface area contributed by atoms with Crippen molar-refractivity contribution < 1.29 is 31.4 Å². The molecule has 2 saturated heterocycles. The molecule has 5 rings (SSSR count). The van der Waals surface area contributed by atoms with Gasteiger partial charge in [0, 0.05) is 13.0 Å². The lowest BCUT2D eigenvalue weighted by molar-refractivity contribution is -0.120. The second kappa shape index (κ2) is 8.88. The van der Waals surface area contributed by atoms with Crippen LogP contribution in [0, 0.1) is 5.82 Å². The molecule has 0 saturated carbocycles. The van der Waals surface area contributed by atoms with Crippen LogP contribution < -0.4 is 14.4 Å². The Morgan fingerprint density at radius 1 is 1.34 bits per heavy atom. The summed E-state index contributed by atoms with van der Waals surface area (Å²) in [6.07, 6.45) is -2.45. The number of hydrogen-bond acceptors (Lipinski definition) is 6. The number of fused-ring (bicyclic) bond motifs is 1. The van der Waals surface area contributed by atoms with Crippen molar-refractivity contribution in [2.75, 3.05) is 37.7 Å². The van der Waals surface area contributed by atoms with Gasteiger partial charge in [-0.05, 0) is 35.3 Å². The van der Waals surface area contributed by atoms with Crippen LogP contribution in [-0.2, 0) is 0 Å². The smallest absolute Gasteiger partial charge is 0.405 e. The highest BCUT2D eigenvalue weighted by atomic mass is 79.9. The predicted molar refractivity (Wildman–Crippen MR) is 124 cm³/mol. The maximum atomic E-state index is 15.3. The van der Waals surface area contributed by atoms with Crippen molar-refractivity contribution in [1.29, 1.82) is 0 Å². The van der Waals surface area contributed by atoms with E-state index in [2.05, 4.69) is 32.5 Å². The van der Waals surface area contributed by atoms with Crippen LogP contribution in [0.3, 0.4) is 0 Å². The first kappa shape index (κ1) is 24.8. The first-order chi connectivity index (χ1) is 16.5. The zero-order chi connectivity index (χ0) is 25.1. The fraction of sp³-hybridized carbons (Fsp3) is 0.545. The third kappa shape index (κ3) is 4.31. The molecule has 2 fully saturated rings. The molecule has 3 aliphatic heterocycles. The molecule has 0 amide bonds. The van der Waals surface area contributed by atoms with Crippen molar-refractivity contribution in [2.45, 2.75) is 43.2 Å². The van der Waals surface area contributed by atoms with Crippen LogP contribution in [0.1, 0.15) is 19.3 Å². The number of aromatic nitrogens is 2. The van der Waals surface area contributed by atoms with Gasteiger partial charge in [0.15, 0.2) is 11.6 Å². The Morgan fingerprint density at radius 3 is 2.83 bits per heavy atom. The van der Waals surface area contributed by atoms with Crippen molar-refractivity contribution in [3.05, 3.63) is 28.0 Å². The lowest BCUT2D eigenvalue weighted by Crippen LogP contribution is -2.44. The first-order valence-corrected chi connectivity index (χ1v) is 12.2. The minimum Gasteiger partial charge on any atom is -0.489 e. The van der Waals surface area contributed by atoms with Crippen LogP contribution in [0.25, 0.3) is 10.9 Å². The van der Waals surface area contributed by atoms with Crippen LogP contribution >= 0.6 is 27.5 Å². The topological polar surface area (TPSA) is 50.7 Å². The lowest BCUT2D eigenvalue weighted by atomic mass is 9.95. The standard InChI is InChI=1S/C22H21BrClF5N4O2/c1-2-12-8-34-18-13-17(16(26)14(23)15(18)24)30-20(31-19(13)33(12)9-22(27,28)29)35-10-21-4-3-5-32(21)7-11(25)6-21/h2,11-12H,1,3-10H2/t11-,12+,21+/m1/s1. The van der Waals surface area contributed by atoms with Crippen LogP contribution in [0.4, 0.5) is 27.8 Å². The number of anilines is 1. The van der Waals surface area contributed by atoms with Gasteiger partial charge in [0.2, 0.25) is 0 Å². The van der Waals surface area contributed by atoms with Gasteiger partial charge in [-0.1, -0.05) is 17.7 Å². The first-order valence-electron chi connectivity index (χ1n) is 11.0. The third-order valence-corrected chi connectivity index (χ3v) is 8.15. The van der Waals surface area contributed by atoms with Crippen molar-refractivity contribution in [2.24, 2.45) is 0 Å². The number of nitrogens with zero attached hydrogens (tertiary/aromatic N) is 4. The molecule has 1 aromatic heterocycles. The Bertz CT molecular complexity index is 1190. The van der Waals surface area contributed by atoms with Crippen molar-refractivity contribution in [3.8, 4) is 11.8 Å². The Balaban J connectivity index is 1.63. The zero-order valence-corrected chi connectivity index (χ0v) is 20.7. The summed E-state index contributed by atoms with van der Waals surface area (Å²) in [6, 6.07) is -1.26. The summed E-state index contributed by atoms with van der Waals surface area (Å²) >= 11 is 9.35. The molecule has 3 atom stereocenters. The summed E-state index contributed by atoms with van der Waals surface area (Å²) < 4.78 is 81.5. The maximum absolute atomic E-state index is 15.3. The molecule has 4 heterocycles. The van der Waals surface area contributed by atoms with Gasteiger partial charge in [-0.3, -0.25) is 4.90 Å². The van der Waals surface area contributed by atoms with E-state index < -0.39 is 36.3 Å². The summed E-state index contributed by atoms with van der Waals surface area (Å²) in [6.45, 7) is 3.06. The Labute approximate surface area is 211 Å². The summed E-state index contributed by atoms with van der Waals surface area (Å²) in [5.74, 6) is -1.16. The molecule has 190 valence electrons. The number of halogens is 7. The van der Waals surface area contributed by atoms with Gasteiger partial charge in [0.1, 0.15) is 42.3 Å². The van der Waals surface area contributed by atoms with E-state index in [1.807, 2.05) is 4.90 Å². The van der Waals surface area contributed by atoms with E-state index in [4.69, 9.17) is 21.1 Å². The predicted octanol–water partition coefficient (Wildman–Crippen LogP) is 5.46. The van der Waals surface area contributed by atoms with Gasteiger partial charge in [0.05, 0.1) is 21.4 Å². The summed E-state index contributed by atoms with van der Waals surface area (Å²) in [7, 11) is 0. The van der Waals surface area contributed by atoms with E-state index in [9.17, 15) is 17.6 Å². The van der Waals surface area contributed by atoms with Crippen molar-refractivity contribution in [1.82, 2.24) is 14.9 Å². The Hall–Kier alpha value is -1.92.